The third kappa shape index (κ3) is 10.7. The minimum absolute atomic E-state index is 0.0429. The Morgan fingerprint density at radius 3 is 2.30 bits per heavy atom. The predicted molar refractivity (Wildman–Crippen MR) is 227 cm³/mol. The van der Waals surface area contributed by atoms with Gasteiger partial charge in [0.15, 0.2) is 6.10 Å². The molecule has 6 amide bonds. The molecule has 1 spiro atoms. The molecule has 5 N–H and O–H groups in total. The molecule has 2 aromatic rings. The highest BCUT2D eigenvalue weighted by Gasteiger charge is 2.58. The third-order valence-corrected chi connectivity index (χ3v) is 13.9. The lowest BCUT2D eigenvalue weighted by molar-refractivity contribution is -0.145. The summed E-state index contributed by atoms with van der Waals surface area (Å²) in [7, 11) is 0. The molecule has 1 aromatic carbocycles. The first-order chi connectivity index (χ1) is 28.6. The minimum atomic E-state index is -1.58. The van der Waals surface area contributed by atoms with Crippen LogP contribution >= 0.6 is 11.8 Å². The minimum Gasteiger partial charge on any atom is -0.381 e. The van der Waals surface area contributed by atoms with Crippen molar-refractivity contribution >= 4 is 47.2 Å². The molecule has 326 valence electrons. The van der Waals surface area contributed by atoms with Gasteiger partial charge in [-0.25, -0.2) is 4.98 Å². The van der Waals surface area contributed by atoms with Crippen molar-refractivity contribution in [2.45, 2.75) is 140 Å². The Morgan fingerprint density at radius 2 is 1.67 bits per heavy atom. The average molecular weight is 847 g/mol. The van der Waals surface area contributed by atoms with Crippen molar-refractivity contribution in [3.8, 4) is 0 Å². The zero-order valence-corrected chi connectivity index (χ0v) is 36.3. The highest BCUT2D eigenvalue weighted by molar-refractivity contribution is 8.01. The maximum Gasteiger partial charge on any atom is 0.272 e. The van der Waals surface area contributed by atoms with Crippen molar-refractivity contribution < 1.29 is 33.9 Å². The van der Waals surface area contributed by atoms with Gasteiger partial charge in [-0.15, -0.1) is 11.8 Å². The van der Waals surface area contributed by atoms with Gasteiger partial charge >= 0.3 is 0 Å². The van der Waals surface area contributed by atoms with E-state index >= 15 is 4.79 Å². The number of thioether (sulfide) groups is 1. The zero-order valence-electron chi connectivity index (χ0n) is 35.5. The van der Waals surface area contributed by atoms with E-state index in [1.807, 2.05) is 69.9 Å². The number of aromatic nitrogens is 2. The van der Waals surface area contributed by atoms with Crippen molar-refractivity contribution in [1.29, 1.82) is 0 Å². The number of amides is 6. The summed E-state index contributed by atoms with van der Waals surface area (Å²) in [4.78, 5) is 95.1. The monoisotopic (exact) mass is 846 g/mol. The summed E-state index contributed by atoms with van der Waals surface area (Å²) in [5, 5.41) is 23.1. The van der Waals surface area contributed by atoms with Gasteiger partial charge in [0.05, 0.1) is 30.6 Å². The molecule has 3 heterocycles. The zero-order chi connectivity index (χ0) is 43.2. The number of benzene rings is 1. The Hall–Kier alpha value is -4.57. The summed E-state index contributed by atoms with van der Waals surface area (Å²) in [6.45, 7) is 9.80. The van der Waals surface area contributed by atoms with Crippen LogP contribution in [-0.4, -0.2) is 114 Å². The van der Waals surface area contributed by atoms with Crippen molar-refractivity contribution in [2.24, 2.45) is 17.3 Å². The number of nitrogens with zero attached hydrogens (tertiary/aromatic N) is 4. The topological polar surface area (TPSA) is 203 Å². The first-order valence-corrected chi connectivity index (χ1v) is 22.6. The van der Waals surface area contributed by atoms with Gasteiger partial charge in [-0.1, -0.05) is 83.7 Å². The standard InChI is InChI=1S/C44H62N8O7S/c1-6-13-31(36(54)41(58)47-27(2)29-14-9-7-10-15-29)48-39(56)33-22-44(52(24-28-18-19-28)34(53)25-60-44)26-51(33)42(59)37(43(3,4)5)50-40(57)35(30-16-11-8-12-17-30)49-38(55)32-23-45-20-21-46-32/h7,9-10,14-15,20-21,23,27-28,30-31,33,35-37,54H,6,8,11-13,16-19,22,24-26H2,1-5H3,(H,47,58)(H,48,56)(H,49,55)(H,50,57)/t27-,31?,33?,35-,36?,37?,44?/m0/s1. The molecule has 4 aliphatic rings. The third-order valence-electron chi connectivity index (χ3n) is 12.4. The molecule has 2 saturated carbocycles. The first-order valence-electron chi connectivity index (χ1n) is 21.6. The molecular formula is C44H62N8O7S. The van der Waals surface area contributed by atoms with E-state index in [0.717, 1.165) is 50.5 Å². The second kappa shape index (κ2) is 19.4. The van der Waals surface area contributed by atoms with E-state index in [0.29, 0.717) is 18.9 Å². The number of aliphatic hydroxyl groups is 1. The maximum absolute atomic E-state index is 15.2. The van der Waals surface area contributed by atoms with Gasteiger partial charge in [-0.05, 0) is 61.8 Å². The fourth-order valence-electron chi connectivity index (χ4n) is 8.77. The summed E-state index contributed by atoms with van der Waals surface area (Å²) >= 11 is 1.43. The molecule has 4 fully saturated rings. The van der Waals surface area contributed by atoms with Crippen molar-refractivity contribution in [3.05, 3.63) is 60.2 Å². The Labute approximate surface area is 357 Å². The maximum atomic E-state index is 15.2. The molecule has 15 nitrogen and oxygen atoms in total. The molecule has 5 unspecified atom stereocenters. The van der Waals surface area contributed by atoms with Gasteiger partial charge < -0.3 is 36.2 Å². The molecule has 0 bridgehead atoms. The van der Waals surface area contributed by atoms with E-state index in [1.54, 1.807) is 0 Å². The smallest absolute Gasteiger partial charge is 0.272 e. The van der Waals surface area contributed by atoms with Gasteiger partial charge in [0, 0.05) is 25.4 Å². The molecule has 2 saturated heterocycles. The molecular weight excluding hydrogens is 785 g/mol. The Balaban J connectivity index is 1.26. The number of carbonyl (C=O) groups is 6. The Bertz CT molecular complexity index is 1860. The highest BCUT2D eigenvalue weighted by atomic mass is 32.2. The van der Waals surface area contributed by atoms with Gasteiger partial charge in [-0.2, -0.15) is 0 Å². The summed E-state index contributed by atoms with van der Waals surface area (Å²) in [5.74, 6) is -2.38. The first kappa shape index (κ1) is 45.0. The predicted octanol–water partition coefficient (Wildman–Crippen LogP) is 3.49. The van der Waals surface area contributed by atoms with Crippen LogP contribution in [0, 0.1) is 17.3 Å². The lowest BCUT2D eigenvalue weighted by Crippen LogP contribution is -2.62. The lowest BCUT2D eigenvalue weighted by Gasteiger charge is -2.38. The van der Waals surface area contributed by atoms with Crippen LogP contribution in [0.5, 0.6) is 0 Å². The number of hydrogen-bond donors (Lipinski definition) is 5. The van der Waals surface area contributed by atoms with Crippen LogP contribution in [0.2, 0.25) is 0 Å². The van der Waals surface area contributed by atoms with E-state index in [9.17, 15) is 29.1 Å². The SMILES string of the molecule is CCCC(NC(=O)C1CC2(CN1C(=O)C(NC(=O)[C@@H](NC(=O)c1cnccn1)C1CCCCC1)C(C)(C)C)SCC(=O)N2CC1CC1)C(O)C(=O)N[C@@H](C)c1ccccc1. The van der Waals surface area contributed by atoms with E-state index in [1.165, 1.54) is 35.3 Å². The second-order valence-electron chi connectivity index (χ2n) is 18.1. The molecule has 0 radical (unpaired) electrons. The van der Waals surface area contributed by atoms with Crippen LogP contribution in [-0.2, 0) is 24.0 Å². The van der Waals surface area contributed by atoms with E-state index in [4.69, 9.17) is 0 Å². The average Bonchev–Trinajstić information content (AvgIpc) is 3.92. The van der Waals surface area contributed by atoms with E-state index in [2.05, 4.69) is 31.2 Å². The van der Waals surface area contributed by atoms with Crippen LogP contribution in [0.15, 0.2) is 48.9 Å². The number of rotatable bonds is 16. The quantitative estimate of drug-likeness (QED) is 0.167. The van der Waals surface area contributed by atoms with Crippen molar-refractivity contribution in [3.63, 3.8) is 0 Å². The second-order valence-corrected chi connectivity index (χ2v) is 19.4. The fourth-order valence-corrected chi connectivity index (χ4v) is 10.2. The number of nitrogens with one attached hydrogen (secondary N) is 4. The number of aliphatic hydroxyl groups excluding tert-OH is 1. The normalized spacial score (nSPS) is 23.4. The summed E-state index contributed by atoms with van der Waals surface area (Å²) in [6.07, 6.45) is 9.88. The summed E-state index contributed by atoms with van der Waals surface area (Å²) in [6, 6.07) is 4.83. The van der Waals surface area contributed by atoms with E-state index in [-0.39, 0.29) is 42.7 Å². The molecule has 60 heavy (non-hydrogen) atoms. The van der Waals surface area contributed by atoms with Crippen LogP contribution in [0.1, 0.15) is 121 Å². The lowest BCUT2D eigenvalue weighted by atomic mass is 9.82. The largest absolute Gasteiger partial charge is 0.381 e. The number of carbonyl (C=O) groups excluding carboxylic acids is 6. The molecule has 2 aliphatic carbocycles. The van der Waals surface area contributed by atoms with Crippen molar-refractivity contribution in [2.75, 3.05) is 18.8 Å². The van der Waals surface area contributed by atoms with Crippen molar-refractivity contribution in [1.82, 2.24) is 41.0 Å². The van der Waals surface area contributed by atoms with Gasteiger partial charge in [0.2, 0.25) is 23.6 Å². The Kier molecular flexibility index (Phi) is 14.6. The van der Waals surface area contributed by atoms with Gasteiger partial charge in [0.25, 0.3) is 11.8 Å². The van der Waals surface area contributed by atoms with Crippen LogP contribution < -0.4 is 21.3 Å². The molecule has 7 atom stereocenters. The van der Waals surface area contributed by atoms with E-state index < -0.39 is 76.1 Å². The molecule has 2 aliphatic heterocycles. The van der Waals surface area contributed by atoms with Gasteiger partial charge in [-0.3, -0.25) is 33.8 Å². The summed E-state index contributed by atoms with van der Waals surface area (Å²) in [5.41, 5.74) is 0.0771. The summed E-state index contributed by atoms with van der Waals surface area (Å²) < 4.78 is 0. The highest BCUT2D eigenvalue weighted by Crippen LogP contribution is 2.48. The van der Waals surface area contributed by atoms with Crippen LogP contribution in [0.3, 0.4) is 0 Å². The molecule has 6 rings (SSSR count). The molecule has 1 aromatic heterocycles. The Morgan fingerprint density at radius 1 is 0.950 bits per heavy atom. The fraction of sp³-hybridized carbons (Fsp3) is 0.636. The molecule has 16 heteroatoms. The number of likely N-dealkylation sites (tertiary alicyclic amines) is 1. The van der Waals surface area contributed by atoms with Crippen LogP contribution in [0.4, 0.5) is 0 Å². The van der Waals surface area contributed by atoms with Crippen LogP contribution in [0.25, 0.3) is 0 Å². The number of hydrogen-bond acceptors (Lipinski definition) is 10. The van der Waals surface area contributed by atoms with Gasteiger partial charge in [0.1, 0.15) is 28.7 Å².